The molecule has 0 aliphatic carbocycles. The highest BCUT2D eigenvalue weighted by atomic mass is 35.5. The molecule has 96 valence electrons. The van der Waals surface area contributed by atoms with Crippen molar-refractivity contribution in [2.75, 3.05) is 0 Å². The second-order valence-electron chi connectivity index (χ2n) is 4.35. The summed E-state index contributed by atoms with van der Waals surface area (Å²) in [6.07, 6.45) is -0.690. The highest BCUT2D eigenvalue weighted by Gasteiger charge is 2.32. The van der Waals surface area contributed by atoms with Gasteiger partial charge in [-0.3, -0.25) is 0 Å². The number of halogens is 1. The van der Waals surface area contributed by atoms with Gasteiger partial charge in [0.2, 0.25) is 0 Å². The summed E-state index contributed by atoms with van der Waals surface area (Å²) in [5, 5.41) is 0.677. The minimum Gasteiger partial charge on any atom is -0.450 e. The minimum absolute atomic E-state index is 0.355. The van der Waals surface area contributed by atoms with Gasteiger partial charge in [-0.15, -0.1) is 0 Å². The normalized spacial score (nSPS) is 16.9. The quantitative estimate of drug-likeness (QED) is 0.779. The monoisotopic (exact) mass is 274 g/mol. The van der Waals surface area contributed by atoms with Gasteiger partial charge in [-0.1, -0.05) is 29.8 Å². The standard InChI is InChI=1S/C15H11ClO3/c1-9-8-10(6-7-13(9)16)18-15-12-5-3-2-4-11(12)14(17)19-15/h2-8,15H,1H3. The van der Waals surface area contributed by atoms with E-state index in [1.807, 2.05) is 25.1 Å². The fourth-order valence-electron chi connectivity index (χ4n) is 2.01. The Bertz CT molecular complexity index is 652. The first-order valence-electron chi connectivity index (χ1n) is 5.88. The highest BCUT2D eigenvalue weighted by Crippen LogP contribution is 2.33. The van der Waals surface area contributed by atoms with E-state index in [0.717, 1.165) is 11.1 Å². The molecular formula is C15H11ClO3. The molecule has 0 N–H and O–H groups in total. The van der Waals surface area contributed by atoms with Gasteiger partial charge in [0.1, 0.15) is 5.75 Å². The Morgan fingerprint density at radius 3 is 2.79 bits per heavy atom. The average Bonchev–Trinajstić information content (AvgIpc) is 2.72. The molecule has 0 bridgehead atoms. The van der Waals surface area contributed by atoms with E-state index in [0.29, 0.717) is 16.3 Å². The predicted molar refractivity (Wildman–Crippen MR) is 71.4 cm³/mol. The molecule has 1 aliphatic heterocycles. The van der Waals surface area contributed by atoms with Crippen molar-refractivity contribution in [2.24, 2.45) is 0 Å². The summed E-state index contributed by atoms with van der Waals surface area (Å²) in [5.74, 6) is 0.266. The van der Waals surface area contributed by atoms with Gasteiger partial charge < -0.3 is 9.47 Å². The molecule has 3 nitrogen and oxygen atoms in total. The molecule has 3 rings (SSSR count). The van der Waals surface area contributed by atoms with E-state index in [9.17, 15) is 4.79 Å². The van der Waals surface area contributed by atoms with Gasteiger partial charge in [0.25, 0.3) is 6.29 Å². The number of hydrogen-bond acceptors (Lipinski definition) is 3. The Balaban J connectivity index is 1.89. The first-order chi connectivity index (χ1) is 9.15. The lowest BCUT2D eigenvalue weighted by atomic mass is 10.1. The number of carbonyl (C=O) groups excluding carboxylic acids is 1. The molecule has 0 amide bonds. The van der Waals surface area contributed by atoms with Crippen LogP contribution < -0.4 is 4.74 Å². The van der Waals surface area contributed by atoms with Crippen molar-refractivity contribution in [3.63, 3.8) is 0 Å². The molecule has 1 aliphatic rings. The van der Waals surface area contributed by atoms with Crippen molar-refractivity contribution in [1.29, 1.82) is 0 Å². The van der Waals surface area contributed by atoms with Crippen molar-refractivity contribution in [3.8, 4) is 5.75 Å². The average molecular weight is 275 g/mol. The van der Waals surface area contributed by atoms with Crippen LogP contribution in [0.5, 0.6) is 5.75 Å². The molecule has 0 spiro atoms. The zero-order valence-electron chi connectivity index (χ0n) is 10.2. The fourth-order valence-corrected chi connectivity index (χ4v) is 2.13. The van der Waals surface area contributed by atoms with Crippen molar-refractivity contribution < 1.29 is 14.3 Å². The number of ether oxygens (including phenoxy) is 2. The molecule has 2 aromatic carbocycles. The van der Waals surface area contributed by atoms with Crippen LogP contribution in [0, 0.1) is 6.92 Å². The van der Waals surface area contributed by atoms with E-state index in [4.69, 9.17) is 21.1 Å². The first kappa shape index (κ1) is 12.1. The van der Waals surface area contributed by atoms with E-state index < -0.39 is 6.29 Å². The SMILES string of the molecule is Cc1cc(OC2OC(=O)c3ccccc32)ccc1Cl. The molecule has 0 fully saturated rings. The second-order valence-corrected chi connectivity index (χ2v) is 4.76. The van der Waals surface area contributed by atoms with Gasteiger partial charge in [-0.25, -0.2) is 4.79 Å². The van der Waals surface area contributed by atoms with E-state index in [2.05, 4.69) is 0 Å². The summed E-state index contributed by atoms with van der Waals surface area (Å²) in [4.78, 5) is 11.7. The minimum atomic E-state index is -0.690. The Morgan fingerprint density at radius 1 is 1.21 bits per heavy atom. The zero-order valence-corrected chi connectivity index (χ0v) is 11.0. The topological polar surface area (TPSA) is 35.5 Å². The third-order valence-electron chi connectivity index (χ3n) is 3.02. The molecule has 4 heteroatoms. The maximum atomic E-state index is 11.7. The first-order valence-corrected chi connectivity index (χ1v) is 6.25. The lowest BCUT2D eigenvalue weighted by Crippen LogP contribution is -2.07. The summed E-state index contributed by atoms with van der Waals surface area (Å²) in [5.41, 5.74) is 2.22. The number of carbonyl (C=O) groups is 1. The summed E-state index contributed by atoms with van der Waals surface area (Å²) in [6.45, 7) is 1.89. The maximum absolute atomic E-state index is 11.7. The predicted octanol–water partition coefficient (Wildman–Crippen LogP) is 3.90. The number of rotatable bonds is 2. The Morgan fingerprint density at radius 2 is 2.00 bits per heavy atom. The van der Waals surface area contributed by atoms with E-state index >= 15 is 0 Å². The molecular weight excluding hydrogens is 264 g/mol. The van der Waals surface area contributed by atoms with Crippen LogP contribution in [0.15, 0.2) is 42.5 Å². The van der Waals surface area contributed by atoms with Gasteiger partial charge in [-0.2, -0.15) is 0 Å². The number of esters is 1. The van der Waals surface area contributed by atoms with Crippen LogP contribution in [0.4, 0.5) is 0 Å². The zero-order chi connectivity index (χ0) is 13.4. The Hall–Kier alpha value is -2.00. The number of benzene rings is 2. The molecule has 19 heavy (non-hydrogen) atoms. The van der Waals surface area contributed by atoms with Gasteiger partial charge in [-0.05, 0) is 36.8 Å². The van der Waals surface area contributed by atoms with Crippen LogP contribution in [0.1, 0.15) is 27.8 Å². The maximum Gasteiger partial charge on any atom is 0.342 e. The largest absolute Gasteiger partial charge is 0.450 e. The highest BCUT2D eigenvalue weighted by molar-refractivity contribution is 6.31. The van der Waals surface area contributed by atoms with Crippen molar-refractivity contribution in [1.82, 2.24) is 0 Å². The number of hydrogen-bond donors (Lipinski definition) is 0. The molecule has 1 heterocycles. The lowest BCUT2D eigenvalue weighted by Gasteiger charge is -2.14. The second kappa shape index (κ2) is 4.59. The Labute approximate surface area is 115 Å². The third kappa shape index (κ3) is 2.17. The summed E-state index contributed by atoms with van der Waals surface area (Å²) in [6, 6.07) is 12.5. The van der Waals surface area contributed by atoms with Crippen LogP contribution in [0.25, 0.3) is 0 Å². The molecule has 1 unspecified atom stereocenters. The van der Waals surface area contributed by atoms with Crippen LogP contribution in [0.2, 0.25) is 5.02 Å². The van der Waals surface area contributed by atoms with Crippen molar-refractivity contribution >= 4 is 17.6 Å². The Kier molecular flexibility index (Phi) is 2.91. The summed E-state index contributed by atoms with van der Waals surface area (Å²) in [7, 11) is 0. The van der Waals surface area contributed by atoms with Gasteiger partial charge in [0.15, 0.2) is 0 Å². The summed E-state index contributed by atoms with van der Waals surface area (Å²) < 4.78 is 10.9. The number of aryl methyl sites for hydroxylation is 1. The number of fused-ring (bicyclic) bond motifs is 1. The van der Waals surface area contributed by atoms with Crippen LogP contribution >= 0.6 is 11.6 Å². The van der Waals surface area contributed by atoms with Crippen molar-refractivity contribution in [3.05, 3.63) is 64.2 Å². The van der Waals surface area contributed by atoms with Crippen LogP contribution in [-0.4, -0.2) is 5.97 Å². The molecule has 0 saturated carbocycles. The molecule has 0 aromatic heterocycles. The summed E-state index contributed by atoms with van der Waals surface area (Å²) >= 11 is 5.96. The van der Waals surface area contributed by atoms with E-state index in [1.54, 1.807) is 24.3 Å². The smallest absolute Gasteiger partial charge is 0.342 e. The molecule has 1 atom stereocenters. The fraction of sp³-hybridized carbons (Fsp3) is 0.133. The van der Waals surface area contributed by atoms with E-state index in [1.165, 1.54) is 0 Å². The van der Waals surface area contributed by atoms with Crippen LogP contribution in [-0.2, 0) is 4.74 Å². The molecule has 0 saturated heterocycles. The van der Waals surface area contributed by atoms with Gasteiger partial charge >= 0.3 is 5.97 Å². The number of cyclic esters (lactones) is 1. The van der Waals surface area contributed by atoms with Crippen LogP contribution in [0.3, 0.4) is 0 Å². The van der Waals surface area contributed by atoms with Crippen molar-refractivity contribution in [2.45, 2.75) is 13.2 Å². The van der Waals surface area contributed by atoms with E-state index in [-0.39, 0.29) is 5.97 Å². The molecule has 0 radical (unpaired) electrons. The lowest BCUT2D eigenvalue weighted by molar-refractivity contribution is -0.0382. The molecule has 2 aromatic rings. The van der Waals surface area contributed by atoms with Gasteiger partial charge in [0.05, 0.1) is 5.56 Å². The van der Waals surface area contributed by atoms with Gasteiger partial charge in [0, 0.05) is 10.6 Å². The third-order valence-corrected chi connectivity index (χ3v) is 3.45.